The topological polar surface area (TPSA) is 90.0 Å². The molecule has 0 bridgehead atoms. The lowest BCUT2D eigenvalue weighted by molar-refractivity contribution is 0.0918. The van der Waals surface area contributed by atoms with Gasteiger partial charge in [0.05, 0.1) is 28.2 Å². The van der Waals surface area contributed by atoms with Gasteiger partial charge < -0.3 is 20.7 Å². The number of nitrogens with one attached hydrogen (secondary N) is 3. The molecule has 2 atom stereocenters. The molecule has 0 spiro atoms. The summed E-state index contributed by atoms with van der Waals surface area (Å²) in [5.74, 6) is -0.779. The highest BCUT2D eigenvalue weighted by Crippen LogP contribution is 2.30. The van der Waals surface area contributed by atoms with E-state index in [1.807, 2.05) is 6.92 Å². The van der Waals surface area contributed by atoms with Gasteiger partial charge in [0.25, 0.3) is 5.91 Å². The molecule has 1 aromatic carbocycles. The molecule has 6 nitrogen and oxygen atoms in total. The summed E-state index contributed by atoms with van der Waals surface area (Å²) in [6.07, 6.45) is 3.11. The molecule has 3 aromatic rings. The van der Waals surface area contributed by atoms with Gasteiger partial charge in [-0.05, 0) is 50.6 Å². The summed E-state index contributed by atoms with van der Waals surface area (Å²) in [5.41, 5.74) is 2.39. The monoisotopic (exact) mass is 462 g/mol. The second-order valence-corrected chi connectivity index (χ2v) is 9.16. The molecule has 164 valence electrons. The molecule has 1 saturated heterocycles. The van der Waals surface area contributed by atoms with Crippen LogP contribution in [0, 0.1) is 12.7 Å². The first-order valence-electron chi connectivity index (χ1n) is 10.2. The van der Waals surface area contributed by atoms with Crippen LogP contribution in [0.25, 0.3) is 11.3 Å². The Balaban J connectivity index is 1.57. The maximum absolute atomic E-state index is 13.8. The highest BCUT2D eigenvalue weighted by molar-refractivity contribution is 7.11. The standard InChI is InChI=1S/C22H24ClFN4O2S/c1-12-19(11-29)31-22(26-12)20(17-4-2-3-9-25-17)28-21(30)18-8-7-16(27-18)13-5-6-14(23)15(24)10-13/h5-8,10,17,20,25,27,29H,2-4,9,11H2,1H3,(H,28,30)/t17-,20+/m1/s1. The zero-order valence-corrected chi connectivity index (χ0v) is 18.6. The van der Waals surface area contributed by atoms with E-state index >= 15 is 0 Å². The maximum atomic E-state index is 13.8. The van der Waals surface area contributed by atoms with Crippen LogP contribution in [0.2, 0.25) is 5.02 Å². The third kappa shape index (κ3) is 4.82. The highest BCUT2D eigenvalue weighted by atomic mass is 35.5. The van der Waals surface area contributed by atoms with Crippen molar-refractivity contribution in [3.8, 4) is 11.3 Å². The SMILES string of the molecule is Cc1nc([C@@H](NC(=O)c2ccc(-c3ccc(Cl)c(F)c3)[nH]2)[C@H]2CCCCN2)sc1CO. The van der Waals surface area contributed by atoms with Gasteiger partial charge in [0.15, 0.2) is 0 Å². The molecule has 0 radical (unpaired) electrons. The molecule has 4 rings (SSSR count). The Hall–Kier alpha value is -2.26. The molecule has 3 heterocycles. The highest BCUT2D eigenvalue weighted by Gasteiger charge is 2.30. The van der Waals surface area contributed by atoms with Gasteiger partial charge in [0, 0.05) is 17.3 Å². The number of aryl methyl sites for hydroxylation is 1. The fraction of sp³-hybridized carbons (Fsp3) is 0.364. The van der Waals surface area contributed by atoms with Gasteiger partial charge in [-0.15, -0.1) is 11.3 Å². The Morgan fingerprint density at radius 2 is 2.23 bits per heavy atom. The Labute approximate surface area is 188 Å². The number of aliphatic hydroxyl groups is 1. The van der Waals surface area contributed by atoms with Crippen LogP contribution in [0.3, 0.4) is 0 Å². The minimum Gasteiger partial charge on any atom is -0.391 e. The number of carbonyl (C=O) groups is 1. The lowest BCUT2D eigenvalue weighted by Gasteiger charge is -2.30. The van der Waals surface area contributed by atoms with Gasteiger partial charge in [-0.25, -0.2) is 9.37 Å². The molecule has 1 amide bonds. The number of amides is 1. The molecule has 0 aliphatic carbocycles. The Kier molecular flexibility index (Phi) is 6.71. The van der Waals surface area contributed by atoms with E-state index in [1.54, 1.807) is 18.2 Å². The van der Waals surface area contributed by atoms with Crippen molar-refractivity contribution >= 4 is 28.8 Å². The Morgan fingerprint density at radius 1 is 1.39 bits per heavy atom. The molecule has 0 saturated carbocycles. The number of halogens is 2. The minimum atomic E-state index is -0.512. The van der Waals surface area contributed by atoms with Crippen molar-refractivity contribution in [3.63, 3.8) is 0 Å². The van der Waals surface area contributed by atoms with Crippen LogP contribution in [0.15, 0.2) is 30.3 Å². The molecule has 9 heteroatoms. The summed E-state index contributed by atoms with van der Waals surface area (Å²) in [6, 6.07) is 7.69. The van der Waals surface area contributed by atoms with E-state index in [0.29, 0.717) is 17.0 Å². The van der Waals surface area contributed by atoms with Crippen molar-refractivity contribution < 1.29 is 14.3 Å². The Morgan fingerprint density at radius 3 is 2.90 bits per heavy atom. The molecule has 1 aliphatic rings. The fourth-order valence-corrected chi connectivity index (χ4v) is 4.97. The number of rotatable bonds is 6. The molecule has 1 aliphatic heterocycles. The molecule has 0 unspecified atom stereocenters. The molecule has 2 aromatic heterocycles. The first-order chi connectivity index (χ1) is 15.0. The third-order valence-electron chi connectivity index (χ3n) is 5.52. The second kappa shape index (κ2) is 9.48. The zero-order valence-electron chi connectivity index (χ0n) is 17.0. The largest absolute Gasteiger partial charge is 0.391 e. The average Bonchev–Trinajstić information content (AvgIpc) is 3.41. The van der Waals surface area contributed by atoms with Crippen LogP contribution in [-0.2, 0) is 6.61 Å². The number of aromatic nitrogens is 2. The summed E-state index contributed by atoms with van der Waals surface area (Å²) in [7, 11) is 0. The predicted molar refractivity (Wildman–Crippen MR) is 120 cm³/mol. The van der Waals surface area contributed by atoms with Crippen molar-refractivity contribution in [3.05, 3.63) is 62.4 Å². The van der Waals surface area contributed by atoms with Crippen LogP contribution in [0.1, 0.15) is 51.4 Å². The lowest BCUT2D eigenvalue weighted by atomic mass is 9.98. The van der Waals surface area contributed by atoms with Crippen molar-refractivity contribution in [2.45, 2.75) is 44.9 Å². The van der Waals surface area contributed by atoms with E-state index in [-0.39, 0.29) is 29.6 Å². The summed E-state index contributed by atoms with van der Waals surface area (Å²) < 4.78 is 13.8. The lowest BCUT2D eigenvalue weighted by Crippen LogP contribution is -2.46. The molecule has 31 heavy (non-hydrogen) atoms. The third-order valence-corrected chi connectivity index (χ3v) is 7.05. The number of carbonyl (C=O) groups excluding carboxylic acids is 1. The quantitative estimate of drug-likeness (QED) is 0.438. The number of aromatic amines is 1. The van der Waals surface area contributed by atoms with E-state index in [9.17, 15) is 14.3 Å². The van der Waals surface area contributed by atoms with Crippen LogP contribution in [0.4, 0.5) is 4.39 Å². The normalized spacial score (nSPS) is 17.5. The number of nitrogens with zero attached hydrogens (tertiary/aromatic N) is 1. The van der Waals surface area contributed by atoms with Crippen molar-refractivity contribution in [2.75, 3.05) is 6.54 Å². The number of hydrogen-bond donors (Lipinski definition) is 4. The summed E-state index contributed by atoms with van der Waals surface area (Å²) in [4.78, 5) is 21.5. The minimum absolute atomic E-state index is 0.0529. The van der Waals surface area contributed by atoms with Gasteiger partial charge in [0.1, 0.15) is 16.5 Å². The van der Waals surface area contributed by atoms with Gasteiger partial charge in [-0.1, -0.05) is 24.1 Å². The molecule has 4 N–H and O–H groups in total. The van der Waals surface area contributed by atoms with Crippen molar-refractivity contribution in [1.82, 2.24) is 20.6 Å². The number of thiazole rings is 1. The van der Waals surface area contributed by atoms with E-state index < -0.39 is 5.82 Å². The van der Waals surface area contributed by atoms with E-state index in [4.69, 9.17) is 11.6 Å². The number of aliphatic hydroxyl groups excluding tert-OH is 1. The summed E-state index contributed by atoms with van der Waals surface area (Å²) in [5, 5.41) is 17.0. The van der Waals surface area contributed by atoms with Crippen molar-refractivity contribution in [1.29, 1.82) is 0 Å². The van der Waals surface area contributed by atoms with E-state index in [1.165, 1.54) is 23.5 Å². The van der Waals surface area contributed by atoms with Crippen LogP contribution in [-0.4, -0.2) is 33.6 Å². The zero-order chi connectivity index (χ0) is 22.0. The summed E-state index contributed by atoms with van der Waals surface area (Å²) in [6.45, 7) is 2.68. The first kappa shape index (κ1) is 22.0. The number of piperidine rings is 1. The van der Waals surface area contributed by atoms with Gasteiger partial charge in [-0.3, -0.25) is 4.79 Å². The Bertz CT molecular complexity index is 1080. The predicted octanol–water partition coefficient (Wildman–Crippen LogP) is 4.34. The number of benzene rings is 1. The van der Waals surface area contributed by atoms with Gasteiger partial charge in [0.2, 0.25) is 0 Å². The molecular weight excluding hydrogens is 439 g/mol. The van der Waals surface area contributed by atoms with Crippen LogP contribution < -0.4 is 10.6 Å². The average molecular weight is 463 g/mol. The van der Waals surface area contributed by atoms with Gasteiger partial charge >= 0.3 is 0 Å². The fourth-order valence-electron chi connectivity index (χ4n) is 3.81. The second-order valence-electron chi connectivity index (χ2n) is 7.64. The molecule has 1 fully saturated rings. The maximum Gasteiger partial charge on any atom is 0.268 e. The van der Waals surface area contributed by atoms with E-state index in [0.717, 1.165) is 41.4 Å². The van der Waals surface area contributed by atoms with Crippen molar-refractivity contribution in [2.24, 2.45) is 0 Å². The van der Waals surface area contributed by atoms with Gasteiger partial charge in [-0.2, -0.15) is 0 Å². The van der Waals surface area contributed by atoms with Crippen LogP contribution in [0.5, 0.6) is 0 Å². The number of H-pyrrole nitrogens is 1. The smallest absolute Gasteiger partial charge is 0.268 e. The number of hydrogen-bond acceptors (Lipinski definition) is 5. The molecular formula is C22H24ClFN4O2S. The first-order valence-corrected chi connectivity index (χ1v) is 11.4. The van der Waals surface area contributed by atoms with E-state index in [2.05, 4.69) is 20.6 Å². The van der Waals surface area contributed by atoms with Crippen LogP contribution >= 0.6 is 22.9 Å². The summed E-state index contributed by atoms with van der Waals surface area (Å²) >= 11 is 7.18.